The van der Waals surface area contributed by atoms with E-state index in [0.29, 0.717) is 12.2 Å². The fraction of sp³-hybridized carbons (Fsp3) is 0.115. The summed E-state index contributed by atoms with van der Waals surface area (Å²) < 4.78 is 1.75. The van der Waals surface area contributed by atoms with E-state index in [0.717, 1.165) is 28.1 Å². The van der Waals surface area contributed by atoms with Gasteiger partial charge in [-0.25, -0.2) is 9.48 Å². The molecule has 1 aromatic heterocycles. The molecule has 0 unspecified atom stereocenters. The van der Waals surface area contributed by atoms with Gasteiger partial charge in [0, 0.05) is 24.1 Å². The lowest BCUT2D eigenvalue weighted by atomic mass is 10.2. The SMILES string of the molecule is Cc1cccc(NC(=O)Nc2cccc(CNC(=O)Cc3cnn(-c4ccccc4)c3)c2)c1. The summed E-state index contributed by atoms with van der Waals surface area (Å²) in [5.74, 6) is -0.0989. The van der Waals surface area contributed by atoms with Crippen molar-refractivity contribution in [3.05, 3.63) is 108 Å². The molecule has 0 radical (unpaired) electrons. The van der Waals surface area contributed by atoms with E-state index in [9.17, 15) is 9.59 Å². The summed E-state index contributed by atoms with van der Waals surface area (Å²) in [7, 11) is 0. The Hall–Kier alpha value is -4.39. The van der Waals surface area contributed by atoms with Crippen molar-refractivity contribution >= 4 is 23.3 Å². The molecule has 0 fully saturated rings. The monoisotopic (exact) mass is 439 g/mol. The summed E-state index contributed by atoms with van der Waals surface area (Å²) in [5, 5.41) is 12.9. The van der Waals surface area contributed by atoms with Gasteiger partial charge in [-0.2, -0.15) is 5.10 Å². The summed E-state index contributed by atoms with van der Waals surface area (Å²) in [5.41, 5.74) is 5.11. The number of urea groups is 1. The van der Waals surface area contributed by atoms with Crippen molar-refractivity contribution < 1.29 is 9.59 Å². The molecule has 0 saturated carbocycles. The molecule has 7 heteroatoms. The van der Waals surface area contributed by atoms with Crippen molar-refractivity contribution in [2.24, 2.45) is 0 Å². The highest BCUT2D eigenvalue weighted by molar-refractivity contribution is 5.99. The van der Waals surface area contributed by atoms with Gasteiger partial charge in [-0.1, -0.05) is 42.5 Å². The van der Waals surface area contributed by atoms with E-state index in [1.165, 1.54) is 0 Å². The van der Waals surface area contributed by atoms with Gasteiger partial charge in [0.15, 0.2) is 0 Å². The Morgan fingerprint density at radius 3 is 2.33 bits per heavy atom. The molecule has 4 aromatic rings. The number of carbonyl (C=O) groups excluding carboxylic acids is 2. The lowest BCUT2D eigenvalue weighted by Crippen LogP contribution is -2.24. The van der Waals surface area contributed by atoms with Gasteiger partial charge in [-0.05, 0) is 60.0 Å². The first-order valence-electron chi connectivity index (χ1n) is 10.6. The highest BCUT2D eigenvalue weighted by Gasteiger charge is 2.08. The number of benzene rings is 3. The number of nitrogens with zero attached hydrogens (tertiary/aromatic N) is 2. The predicted molar refractivity (Wildman–Crippen MR) is 129 cm³/mol. The standard InChI is InChI=1S/C26H25N5O2/c1-19-7-5-9-22(13-19)29-26(33)30-23-10-6-8-20(14-23)16-27-25(32)15-21-17-28-31(18-21)24-11-3-2-4-12-24/h2-14,17-18H,15-16H2,1H3,(H,27,32)(H2,29,30,33). The van der Waals surface area contributed by atoms with Gasteiger partial charge in [-0.15, -0.1) is 0 Å². The van der Waals surface area contributed by atoms with Crippen LogP contribution < -0.4 is 16.0 Å². The minimum absolute atomic E-state index is 0.0989. The molecule has 4 rings (SSSR count). The van der Waals surface area contributed by atoms with E-state index < -0.39 is 0 Å². The molecule has 1 heterocycles. The maximum atomic E-state index is 12.4. The largest absolute Gasteiger partial charge is 0.352 e. The van der Waals surface area contributed by atoms with E-state index in [2.05, 4.69) is 21.0 Å². The second kappa shape index (κ2) is 10.3. The molecule has 0 aliphatic carbocycles. The Balaban J connectivity index is 1.28. The van der Waals surface area contributed by atoms with Gasteiger partial charge in [-0.3, -0.25) is 4.79 Å². The second-order valence-corrected chi connectivity index (χ2v) is 7.73. The van der Waals surface area contributed by atoms with Crippen LogP contribution in [0.2, 0.25) is 0 Å². The lowest BCUT2D eigenvalue weighted by Gasteiger charge is -2.10. The molecule has 3 amide bonds. The first kappa shape index (κ1) is 21.8. The van der Waals surface area contributed by atoms with Crippen LogP contribution in [0.5, 0.6) is 0 Å². The number of amides is 3. The van der Waals surface area contributed by atoms with Crippen molar-refractivity contribution in [1.29, 1.82) is 0 Å². The topological polar surface area (TPSA) is 88.1 Å². The first-order valence-corrected chi connectivity index (χ1v) is 10.6. The average Bonchev–Trinajstić information content (AvgIpc) is 3.27. The molecule has 3 aromatic carbocycles. The van der Waals surface area contributed by atoms with Crippen LogP contribution in [0.25, 0.3) is 5.69 Å². The van der Waals surface area contributed by atoms with E-state index >= 15 is 0 Å². The number of para-hydroxylation sites is 1. The van der Waals surface area contributed by atoms with Crippen LogP contribution in [0, 0.1) is 6.92 Å². The molecule has 166 valence electrons. The van der Waals surface area contributed by atoms with Crippen molar-refractivity contribution in [1.82, 2.24) is 15.1 Å². The van der Waals surface area contributed by atoms with Crippen LogP contribution in [0.1, 0.15) is 16.7 Å². The number of hydrogen-bond donors (Lipinski definition) is 3. The highest BCUT2D eigenvalue weighted by atomic mass is 16.2. The first-order chi connectivity index (χ1) is 16.0. The summed E-state index contributed by atoms with van der Waals surface area (Å²) >= 11 is 0. The summed E-state index contributed by atoms with van der Waals surface area (Å²) in [6, 6.07) is 24.4. The molecule has 0 atom stereocenters. The Bertz CT molecular complexity index is 1250. The smallest absolute Gasteiger partial charge is 0.323 e. The van der Waals surface area contributed by atoms with Crippen molar-refractivity contribution in [3.63, 3.8) is 0 Å². The molecule has 0 bridgehead atoms. The van der Waals surface area contributed by atoms with Gasteiger partial charge < -0.3 is 16.0 Å². The maximum Gasteiger partial charge on any atom is 0.323 e. The fourth-order valence-corrected chi connectivity index (χ4v) is 3.40. The predicted octanol–water partition coefficient (Wildman–Crippen LogP) is 4.68. The van der Waals surface area contributed by atoms with E-state index in [4.69, 9.17) is 0 Å². The summed E-state index contributed by atoms with van der Waals surface area (Å²) in [6.45, 7) is 2.33. The lowest BCUT2D eigenvalue weighted by molar-refractivity contribution is -0.120. The van der Waals surface area contributed by atoms with E-state index in [1.54, 1.807) is 16.9 Å². The second-order valence-electron chi connectivity index (χ2n) is 7.73. The zero-order valence-electron chi connectivity index (χ0n) is 18.3. The average molecular weight is 440 g/mol. The van der Waals surface area contributed by atoms with Crippen LogP contribution in [0.4, 0.5) is 16.2 Å². The van der Waals surface area contributed by atoms with Crippen molar-refractivity contribution in [3.8, 4) is 5.69 Å². The minimum atomic E-state index is -0.322. The third kappa shape index (κ3) is 6.30. The minimum Gasteiger partial charge on any atom is -0.352 e. The number of carbonyl (C=O) groups is 2. The summed E-state index contributed by atoms with van der Waals surface area (Å²) in [4.78, 5) is 24.7. The number of anilines is 2. The number of nitrogens with one attached hydrogen (secondary N) is 3. The molecule has 33 heavy (non-hydrogen) atoms. The van der Waals surface area contributed by atoms with Crippen molar-refractivity contribution in [2.75, 3.05) is 10.6 Å². The third-order valence-corrected chi connectivity index (χ3v) is 4.97. The Kier molecular flexibility index (Phi) is 6.80. The van der Waals surface area contributed by atoms with Crippen LogP contribution in [0.15, 0.2) is 91.3 Å². The van der Waals surface area contributed by atoms with Crippen LogP contribution in [-0.2, 0) is 17.8 Å². The highest BCUT2D eigenvalue weighted by Crippen LogP contribution is 2.14. The van der Waals surface area contributed by atoms with Gasteiger partial charge in [0.25, 0.3) is 0 Å². The quantitative estimate of drug-likeness (QED) is 0.391. The van der Waals surface area contributed by atoms with Crippen LogP contribution in [-0.4, -0.2) is 21.7 Å². The molecule has 0 aliphatic rings. The molecule has 0 aliphatic heterocycles. The fourth-order valence-electron chi connectivity index (χ4n) is 3.40. The zero-order valence-corrected chi connectivity index (χ0v) is 18.3. The van der Waals surface area contributed by atoms with E-state index in [-0.39, 0.29) is 18.4 Å². The molecule has 0 spiro atoms. The van der Waals surface area contributed by atoms with Gasteiger partial charge in [0.05, 0.1) is 18.3 Å². The number of aryl methyl sites for hydroxylation is 1. The Labute approximate surface area is 192 Å². The molecule has 0 saturated heterocycles. The maximum absolute atomic E-state index is 12.4. The van der Waals surface area contributed by atoms with Crippen LogP contribution in [0.3, 0.4) is 0 Å². The molecular weight excluding hydrogens is 414 g/mol. The van der Waals surface area contributed by atoms with Gasteiger partial charge in [0.1, 0.15) is 0 Å². The van der Waals surface area contributed by atoms with E-state index in [1.807, 2.05) is 85.9 Å². The number of aromatic nitrogens is 2. The van der Waals surface area contributed by atoms with Gasteiger partial charge >= 0.3 is 6.03 Å². The third-order valence-electron chi connectivity index (χ3n) is 4.97. The zero-order chi connectivity index (χ0) is 23.0. The van der Waals surface area contributed by atoms with Gasteiger partial charge in [0.2, 0.25) is 5.91 Å². The van der Waals surface area contributed by atoms with Crippen molar-refractivity contribution in [2.45, 2.75) is 19.9 Å². The number of hydrogen-bond acceptors (Lipinski definition) is 3. The number of rotatable bonds is 7. The normalized spacial score (nSPS) is 10.5. The Morgan fingerprint density at radius 2 is 1.58 bits per heavy atom. The molecule has 7 nitrogen and oxygen atoms in total. The molecule has 3 N–H and O–H groups in total. The Morgan fingerprint density at radius 1 is 0.848 bits per heavy atom. The van der Waals surface area contributed by atoms with Crippen LogP contribution >= 0.6 is 0 Å². The summed E-state index contributed by atoms with van der Waals surface area (Å²) in [6.07, 6.45) is 3.79. The molecular formula is C26H25N5O2.